The molecule has 0 aromatic carbocycles. The van der Waals surface area contributed by atoms with Gasteiger partial charge in [0.2, 0.25) is 0 Å². The first kappa shape index (κ1) is 13.2. The average Bonchev–Trinajstić information content (AvgIpc) is 2.34. The minimum absolute atomic E-state index is 0.177. The van der Waals surface area contributed by atoms with Gasteiger partial charge in [-0.05, 0) is 52.4 Å². The van der Waals surface area contributed by atoms with Crippen LogP contribution in [0.5, 0.6) is 0 Å². The maximum Gasteiger partial charge on any atom is 0.486 e. The Hall–Kier alpha value is -0.275. The minimum atomic E-state index is -0.221. The summed E-state index contributed by atoms with van der Waals surface area (Å²) >= 11 is 0. The van der Waals surface area contributed by atoms with E-state index in [-0.39, 0.29) is 18.3 Å². The highest BCUT2D eigenvalue weighted by Crippen LogP contribution is 2.45. The molecule has 0 bridgehead atoms. The summed E-state index contributed by atoms with van der Waals surface area (Å²) < 4.78 is 11.9. The lowest BCUT2D eigenvalue weighted by atomic mass is 9.65. The molecule has 0 aromatic heterocycles. The van der Waals surface area contributed by atoms with Crippen LogP contribution in [0, 0.1) is 5.41 Å². The van der Waals surface area contributed by atoms with Crippen LogP contribution in [0.2, 0.25) is 0 Å². The molecule has 2 nitrogen and oxygen atoms in total. The van der Waals surface area contributed by atoms with Crippen molar-refractivity contribution < 1.29 is 9.31 Å². The van der Waals surface area contributed by atoms with Gasteiger partial charge in [-0.1, -0.05) is 25.4 Å². The van der Waals surface area contributed by atoms with Gasteiger partial charge < -0.3 is 9.31 Å². The van der Waals surface area contributed by atoms with Gasteiger partial charge in [-0.3, -0.25) is 0 Å². The first-order chi connectivity index (χ1) is 7.80. The Kier molecular flexibility index (Phi) is 3.20. The van der Waals surface area contributed by atoms with Crippen molar-refractivity contribution in [2.24, 2.45) is 5.41 Å². The number of allylic oxidation sites excluding steroid dienone is 1. The molecule has 0 atom stereocenters. The third-order valence-electron chi connectivity index (χ3n) is 4.93. The molecule has 0 radical (unpaired) electrons. The molecule has 1 heterocycles. The van der Waals surface area contributed by atoms with E-state index in [0.29, 0.717) is 5.41 Å². The van der Waals surface area contributed by atoms with Crippen LogP contribution in [0.15, 0.2) is 12.1 Å². The van der Waals surface area contributed by atoms with Crippen LogP contribution in [0.4, 0.5) is 0 Å². The Bertz CT molecular complexity index is 295. The van der Waals surface area contributed by atoms with Crippen molar-refractivity contribution in [2.75, 3.05) is 0 Å². The summed E-state index contributed by atoms with van der Waals surface area (Å²) in [4.78, 5) is 0. The van der Waals surface area contributed by atoms with Gasteiger partial charge >= 0.3 is 7.12 Å². The van der Waals surface area contributed by atoms with Gasteiger partial charge in [0, 0.05) is 0 Å². The fraction of sp³-hybridized carbons (Fsp3) is 0.857. The van der Waals surface area contributed by atoms with Crippen molar-refractivity contribution >= 4 is 7.12 Å². The molecule has 0 unspecified atom stereocenters. The molecule has 1 saturated heterocycles. The maximum absolute atomic E-state index is 5.96. The van der Waals surface area contributed by atoms with E-state index in [0.717, 1.165) is 0 Å². The van der Waals surface area contributed by atoms with E-state index in [1.807, 2.05) is 0 Å². The SMILES string of the molecule is CCC1(/C=C/B2OC(C)(C)C(C)(C)O2)CCC1. The Morgan fingerprint density at radius 3 is 1.94 bits per heavy atom. The van der Waals surface area contributed by atoms with E-state index >= 15 is 0 Å². The lowest BCUT2D eigenvalue weighted by molar-refractivity contribution is 0.00578. The molecule has 17 heavy (non-hydrogen) atoms. The zero-order valence-electron chi connectivity index (χ0n) is 11.9. The van der Waals surface area contributed by atoms with E-state index in [4.69, 9.17) is 9.31 Å². The van der Waals surface area contributed by atoms with E-state index in [1.165, 1.54) is 25.7 Å². The molecule has 96 valence electrons. The van der Waals surface area contributed by atoms with Crippen LogP contribution in [0.3, 0.4) is 0 Å². The highest BCUT2D eigenvalue weighted by atomic mass is 16.7. The van der Waals surface area contributed by atoms with Gasteiger partial charge in [-0.2, -0.15) is 0 Å². The van der Waals surface area contributed by atoms with Crippen molar-refractivity contribution in [1.82, 2.24) is 0 Å². The second-order valence-corrected chi connectivity index (χ2v) is 6.55. The quantitative estimate of drug-likeness (QED) is 0.694. The second-order valence-electron chi connectivity index (χ2n) is 6.55. The minimum Gasteiger partial charge on any atom is -0.400 e. The van der Waals surface area contributed by atoms with Crippen LogP contribution in [0.25, 0.3) is 0 Å². The monoisotopic (exact) mass is 236 g/mol. The van der Waals surface area contributed by atoms with Gasteiger partial charge in [-0.15, -0.1) is 0 Å². The van der Waals surface area contributed by atoms with Gasteiger partial charge in [0.05, 0.1) is 11.2 Å². The summed E-state index contributed by atoms with van der Waals surface area (Å²) in [5, 5.41) is 0. The van der Waals surface area contributed by atoms with Crippen molar-refractivity contribution in [3.05, 3.63) is 12.1 Å². The first-order valence-electron chi connectivity index (χ1n) is 6.85. The highest BCUT2D eigenvalue weighted by Gasteiger charge is 2.50. The zero-order valence-corrected chi connectivity index (χ0v) is 11.9. The molecular formula is C14H25BO2. The average molecular weight is 236 g/mol. The molecule has 0 N–H and O–H groups in total. The van der Waals surface area contributed by atoms with Crippen molar-refractivity contribution in [3.8, 4) is 0 Å². The molecule has 0 aromatic rings. The van der Waals surface area contributed by atoms with Crippen LogP contribution < -0.4 is 0 Å². The fourth-order valence-electron chi connectivity index (χ4n) is 2.52. The predicted octanol–water partition coefficient (Wildman–Crippen LogP) is 3.75. The summed E-state index contributed by atoms with van der Waals surface area (Å²) in [7, 11) is -0.177. The van der Waals surface area contributed by atoms with E-state index in [1.54, 1.807) is 0 Å². The van der Waals surface area contributed by atoms with Gasteiger partial charge in [0.25, 0.3) is 0 Å². The molecule has 1 aliphatic heterocycles. The fourth-order valence-corrected chi connectivity index (χ4v) is 2.52. The summed E-state index contributed by atoms with van der Waals surface area (Å²) in [6.45, 7) is 10.7. The van der Waals surface area contributed by atoms with E-state index < -0.39 is 0 Å². The highest BCUT2D eigenvalue weighted by molar-refractivity contribution is 6.51. The largest absolute Gasteiger partial charge is 0.486 e. The standard InChI is InChI=1S/C14H25BO2/c1-6-14(8-7-9-14)10-11-15-16-12(2,3)13(4,5)17-15/h10-11H,6-9H2,1-5H3/b11-10+. The molecule has 2 fully saturated rings. The molecule has 1 saturated carbocycles. The third kappa shape index (κ3) is 2.32. The Morgan fingerprint density at radius 2 is 1.59 bits per heavy atom. The summed E-state index contributed by atoms with van der Waals surface area (Å²) in [5.74, 6) is 2.12. The van der Waals surface area contributed by atoms with Crippen LogP contribution >= 0.6 is 0 Å². The van der Waals surface area contributed by atoms with E-state index in [2.05, 4.69) is 46.7 Å². The summed E-state index contributed by atoms with van der Waals surface area (Å²) in [6, 6.07) is 0. The number of hydrogen-bond acceptors (Lipinski definition) is 2. The smallest absolute Gasteiger partial charge is 0.400 e. The lowest BCUT2D eigenvalue weighted by Crippen LogP contribution is -2.41. The van der Waals surface area contributed by atoms with E-state index in [9.17, 15) is 0 Å². The maximum atomic E-state index is 5.96. The van der Waals surface area contributed by atoms with Crippen LogP contribution in [-0.2, 0) is 9.31 Å². The molecule has 2 rings (SSSR count). The molecule has 3 heteroatoms. The Morgan fingerprint density at radius 1 is 1.06 bits per heavy atom. The number of rotatable bonds is 3. The Labute approximate surface area is 106 Å². The zero-order chi connectivity index (χ0) is 12.7. The molecule has 2 aliphatic rings. The normalized spacial score (nSPS) is 29.6. The predicted molar refractivity (Wildman–Crippen MR) is 71.8 cm³/mol. The van der Waals surface area contributed by atoms with Gasteiger partial charge in [0.15, 0.2) is 0 Å². The molecule has 0 spiro atoms. The van der Waals surface area contributed by atoms with Crippen LogP contribution in [0.1, 0.15) is 60.3 Å². The summed E-state index contributed by atoms with van der Waals surface area (Å²) in [5.41, 5.74) is -0.00834. The first-order valence-corrected chi connectivity index (χ1v) is 6.85. The second kappa shape index (κ2) is 4.13. The van der Waals surface area contributed by atoms with Crippen molar-refractivity contribution in [3.63, 3.8) is 0 Å². The lowest BCUT2D eigenvalue weighted by Gasteiger charge is -2.38. The molecule has 1 aliphatic carbocycles. The molecule has 0 amide bonds. The summed E-state index contributed by atoms with van der Waals surface area (Å²) in [6.07, 6.45) is 7.56. The van der Waals surface area contributed by atoms with Crippen LogP contribution in [-0.4, -0.2) is 18.3 Å². The van der Waals surface area contributed by atoms with Crippen molar-refractivity contribution in [2.45, 2.75) is 71.5 Å². The Balaban J connectivity index is 2.00. The third-order valence-corrected chi connectivity index (χ3v) is 4.93. The molecular weight excluding hydrogens is 211 g/mol. The number of hydrogen-bond donors (Lipinski definition) is 0. The van der Waals surface area contributed by atoms with Gasteiger partial charge in [-0.25, -0.2) is 0 Å². The van der Waals surface area contributed by atoms with Gasteiger partial charge in [0.1, 0.15) is 0 Å². The topological polar surface area (TPSA) is 18.5 Å². The van der Waals surface area contributed by atoms with Crippen molar-refractivity contribution in [1.29, 1.82) is 0 Å².